The molecule has 1 saturated carbocycles. The third kappa shape index (κ3) is 3.83. The third-order valence-electron chi connectivity index (χ3n) is 4.01. The zero-order chi connectivity index (χ0) is 16.2. The molecule has 1 heterocycles. The molecule has 6 nitrogen and oxygen atoms in total. The van der Waals surface area contributed by atoms with Gasteiger partial charge in [0.2, 0.25) is 5.91 Å². The Morgan fingerprint density at radius 1 is 1.30 bits per heavy atom. The first-order valence-electron chi connectivity index (χ1n) is 7.99. The molecule has 1 aromatic heterocycles. The molecule has 0 aliphatic heterocycles. The first kappa shape index (κ1) is 15.4. The van der Waals surface area contributed by atoms with E-state index in [9.17, 15) is 9.59 Å². The Hall–Kier alpha value is -2.50. The van der Waals surface area contributed by atoms with E-state index in [1.165, 1.54) is 0 Å². The number of amides is 1. The fourth-order valence-corrected chi connectivity index (χ4v) is 2.50. The number of nitrogens with zero attached hydrogens (tertiary/aromatic N) is 2. The number of nitrogens with one attached hydrogen (secondary N) is 2. The second-order valence-electron chi connectivity index (χ2n) is 5.93. The van der Waals surface area contributed by atoms with E-state index in [-0.39, 0.29) is 17.2 Å². The van der Waals surface area contributed by atoms with Gasteiger partial charge in [-0.15, -0.1) is 10.2 Å². The molecule has 6 heteroatoms. The van der Waals surface area contributed by atoms with Gasteiger partial charge in [0.05, 0.1) is 6.04 Å². The standard InChI is InChI=1S/C17H20N4O2/c1-2-13(18-14(22)10-11-8-9-11)15-17(23)19-16(21-20-15)12-6-4-3-5-7-12/h3-7,11,13H,2,8-10H2,1H3,(H,18,22)(H,19,21,23). The van der Waals surface area contributed by atoms with Gasteiger partial charge < -0.3 is 10.3 Å². The number of aromatic nitrogens is 3. The average molecular weight is 312 g/mol. The number of benzene rings is 1. The number of carbonyl (C=O) groups is 1. The Morgan fingerprint density at radius 2 is 2.04 bits per heavy atom. The molecule has 23 heavy (non-hydrogen) atoms. The second-order valence-corrected chi connectivity index (χ2v) is 5.93. The van der Waals surface area contributed by atoms with Crippen LogP contribution in [0.5, 0.6) is 0 Å². The normalized spacial score (nSPS) is 15.2. The van der Waals surface area contributed by atoms with E-state index >= 15 is 0 Å². The van der Waals surface area contributed by atoms with Crippen molar-refractivity contribution in [2.45, 2.75) is 38.6 Å². The maximum absolute atomic E-state index is 12.3. The van der Waals surface area contributed by atoms with Gasteiger partial charge in [-0.2, -0.15) is 0 Å². The summed E-state index contributed by atoms with van der Waals surface area (Å²) in [5, 5.41) is 11.1. The van der Waals surface area contributed by atoms with Crippen LogP contribution in [0.15, 0.2) is 35.1 Å². The second kappa shape index (κ2) is 6.73. The van der Waals surface area contributed by atoms with Crippen LogP contribution in [-0.2, 0) is 4.79 Å². The van der Waals surface area contributed by atoms with Crippen LogP contribution in [0.2, 0.25) is 0 Å². The molecule has 1 aliphatic carbocycles. The van der Waals surface area contributed by atoms with Crippen molar-refractivity contribution in [3.05, 3.63) is 46.4 Å². The molecular weight excluding hydrogens is 292 g/mol. The average Bonchev–Trinajstić information content (AvgIpc) is 3.37. The van der Waals surface area contributed by atoms with Gasteiger partial charge in [0.15, 0.2) is 11.5 Å². The van der Waals surface area contributed by atoms with Crippen molar-refractivity contribution in [2.24, 2.45) is 5.92 Å². The van der Waals surface area contributed by atoms with Crippen molar-refractivity contribution in [2.75, 3.05) is 0 Å². The molecule has 3 rings (SSSR count). The quantitative estimate of drug-likeness (QED) is 0.856. The number of aromatic amines is 1. The largest absolute Gasteiger partial charge is 0.347 e. The van der Waals surface area contributed by atoms with Crippen molar-refractivity contribution in [3.63, 3.8) is 0 Å². The molecule has 0 bridgehead atoms. The van der Waals surface area contributed by atoms with E-state index in [1.54, 1.807) is 0 Å². The number of hydrogen-bond donors (Lipinski definition) is 2. The zero-order valence-electron chi connectivity index (χ0n) is 13.1. The van der Waals surface area contributed by atoms with Gasteiger partial charge >= 0.3 is 0 Å². The van der Waals surface area contributed by atoms with Crippen molar-refractivity contribution in [1.29, 1.82) is 0 Å². The molecule has 120 valence electrons. The Kier molecular flexibility index (Phi) is 4.50. The molecule has 1 atom stereocenters. The first-order valence-corrected chi connectivity index (χ1v) is 7.99. The van der Waals surface area contributed by atoms with E-state index < -0.39 is 6.04 Å². The lowest BCUT2D eigenvalue weighted by molar-refractivity contribution is -0.122. The number of rotatable bonds is 6. The Bertz CT molecular complexity index is 738. The molecule has 1 aromatic carbocycles. The summed E-state index contributed by atoms with van der Waals surface area (Å²) in [7, 11) is 0. The van der Waals surface area contributed by atoms with Crippen molar-refractivity contribution in [1.82, 2.24) is 20.5 Å². The lowest BCUT2D eigenvalue weighted by Crippen LogP contribution is -2.33. The van der Waals surface area contributed by atoms with Gasteiger partial charge in [-0.05, 0) is 25.2 Å². The number of H-pyrrole nitrogens is 1. The van der Waals surface area contributed by atoms with Crippen LogP contribution in [0.1, 0.15) is 44.3 Å². The van der Waals surface area contributed by atoms with Crippen LogP contribution in [0.25, 0.3) is 11.4 Å². The smallest absolute Gasteiger partial charge is 0.275 e. The fourth-order valence-electron chi connectivity index (χ4n) is 2.50. The van der Waals surface area contributed by atoms with Crippen molar-refractivity contribution < 1.29 is 4.79 Å². The molecule has 1 amide bonds. The maximum atomic E-state index is 12.3. The Morgan fingerprint density at radius 3 is 2.65 bits per heavy atom. The summed E-state index contributed by atoms with van der Waals surface area (Å²) in [6.45, 7) is 1.91. The summed E-state index contributed by atoms with van der Waals surface area (Å²) >= 11 is 0. The molecule has 2 N–H and O–H groups in total. The minimum atomic E-state index is -0.401. The molecule has 1 fully saturated rings. The van der Waals surface area contributed by atoms with Gasteiger partial charge in [-0.25, -0.2) is 0 Å². The summed E-state index contributed by atoms with van der Waals surface area (Å²) in [5.41, 5.74) is 0.753. The highest BCUT2D eigenvalue weighted by Gasteiger charge is 2.26. The minimum Gasteiger partial charge on any atom is -0.347 e. The topological polar surface area (TPSA) is 87.7 Å². The highest BCUT2D eigenvalue weighted by atomic mass is 16.2. The van der Waals surface area contributed by atoms with Crippen LogP contribution in [0.4, 0.5) is 0 Å². The summed E-state index contributed by atoms with van der Waals surface area (Å²) < 4.78 is 0. The SMILES string of the molecule is CCC(NC(=O)CC1CC1)c1nnc(-c2ccccc2)[nH]c1=O. The van der Waals surface area contributed by atoms with Crippen LogP contribution in [0, 0.1) is 5.92 Å². The summed E-state index contributed by atoms with van der Waals surface area (Å²) in [6.07, 6.45) is 3.37. The molecule has 0 radical (unpaired) electrons. The van der Waals surface area contributed by atoms with Crippen LogP contribution in [-0.4, -0.2) is 21.1 Å². The zero-order valence-corrected chi connectivity index (χ0v) is 13.1. The van der Waals surface area contributed by atoms with E-state index in [0.717, 1.165) is 18.4 Å². The minimum absolute atomic E-state index is 0.0207. The van der Waals surface area contributed by atoms with Gasteiger partial charge in [-0.1, -0.05) is 37.3 Å². The Labute approximate surface area is 134 Å². The molecule has 1 aliphatic rings. The van der Waals surface area contributed by atoms with E-state index in [2.05, 4.69) is 20.5 Å². The maximum Gasteiger partial charge on any atom is 0.275 e. The summed E-state index contributed by atoms with van der Waals surface area (Å²) in [6, 6.07) is 8.95. The number of carbonyl (C=O) groups excluding carboxylic acids is 1. The van der Waals surface area contributed by atoms with Crippen LogP contribution < -0.4 is 10.9 Å². The first-order chi connectivity index (χ1) is 11.2. The molecule has 1 unspecified atom stereocenters. The number of hydrogen-bond acceptors (Lipinski definition) is 4. The molecule has 0 spiro atoms. The van der Waals surface area contributed by atoms with E-state index in [1.807, 2.05) is 37.3 Å². The van der Waals surface area contributed by atoms with Crippen LogP contribution >= 0.6 is 0 Å². The highest BCUT2D eigenvalue weighted by molar-refractivity contribution is 5.76. The lowest BCUT2D eigenvalue weighted by Gasteiger charge is -2.15. The van der Waals surface area contributed by atoms with E-state index in [4.69, 9.17) is 0 Å². The summed E-state index contributed by atoms with van der Waals surface area (Å²) in [5.74, 6) is 0.920. The highest BCUT2D eigenvalue weighted by Crippen LogP contribution is 2.32. The van der Waals surface area contributed by atoms with Gasteiger partial charge in [0.25, 0.3) is 5.56 Å². The van der Waals surface area contributed by atoms with Gasteiger partial charge in [-0.3, -0.25) is 9.59 Å². The summed E-state index contributed by atoms with van der Waals surface area (Å²) in [4.78, 5) is 27.0. The van der Waals surface area contributed by atoms with Crippen molar-refractivity contribution >= 4 is 5.91 Å². The van der Waals surface area contributed by atoms with Crippen molar-refractivity contribution in [3.8, 4) is 11.4 Å². The van der Waals surface area contributed by atoms with Gasteiger partial charge in [0, 0.05) is 12.0 Å². The van der Waals surface area contributed by atoms with Gasteiger partial charge in [0.1, 0.15) is 0 Å². The van der Waals surface area contributed by atoms with E-state index in [0.29, 0.717) is 24.6 Å². The predicted molar refractivity (Wildman–Crippen MR) is 86.6 cm³/mol. The van der Waals surface area contributed by atoms with Crippen LogP contribution in [0.3, 0.4) is 0 Å². The predicted octanol–water partition coefficient (Wildman–Crippen LogP) is 2.20. The monoisotopic (exact) mass is 312 g/mol. The Balaban J connectivity index is 1.78. The molecular formula is C17H20N4O2. The fraction of sp³-hybridized carbons (Fsp3) is 0.412. The molecule has 0 saturated heterocycles. The molecule has 2 aromatic rings. The lowest BCUT2D eigenvalue weighted by atomic mass is 10.1. The third-order valence-corrected chi connectivity index (χ3v) is 4.01.